The Bertz CT molecular complexity index is 1090. The van der Waals surface area contributed by atoms with Crippen molar-refractivity contribution in [3.63, 3.8) is 0 Å². The van der Waals surface area contributed by atoms with Gasteiger partial charge in [-0.25, -0.2) is 4.79 Å². The van der Waals surface area contributed by atoms with Crippen molar-refractivity contribution >= 4 is 11.9 Å². The van der Waals surface area contributed by atoms with E-state index in [1.807, 2.05) is 23.1 Å². The van der Waals surface area contributed by atoms with Crippen LogP contribution in [0.2, 0.25) is 0 Å². The van der Waals surface area contributed by atoms with Crippen LogP contribution in [0.1, 0.15) is 42.0 Å². The van der Waals surface area contributed by atoms with Crippen LogP contribution in [0.15, 0.2) is 42.5 Å². The molecule has 2 aromatic carbocycles. The Morgan fingerprint density at radius 3 is 2.68 bits per heavy atom. The zero-order chi connectivity index (χ0) is 23.1. The minimum Gasteiger partial charge on any atom is -0.486 e. The molecule has 0 bridgehead atoms. The van der Waals surface area contributed by atoms with Gasteiger partial charge in [-0.1, -0.05) is 30.3 Å². The van der Waals surface area contributed by atoms with Gasteiger partial charge in [-0.3, -0.25) is 4.79 Å². The molecule has 0 unspecified atom stereocenters. The zero-order valence-electron chi connectivity index (χ0n) is 19.4. The number of rotatable bonds is 3. The molecular weight excluding hydrogens is 430 g/mol. The molecule has 0 saturated carbocycles. The average molecular weight is 462 g/mol. The fraction of sp³-hybridized carbons (Fsp3) is 0.481. The number of hydrogen-bond donors (Lipinski definition) is 1. The van der Waals surface area contributed by atoms with E-state index in [-0.39, 0.29) is 29.9 Å². The Balaban J connectivity index is 1.21. The third kappa shape index (κ3) is 3.77. The Morgan fingerprint density at radius 1 is 1.06 bits per heavy atom. The number of carbonyl (C=O) groups excluding carboxylic acids is 2. The molecule has 7 nitrogen and oxygen atoms in total. The van der Waals surface area contributed by atoms with Crippen LogP contribution in [0.25, 0.3) is 0 Å². The highest BCUT2D eigenvalue weighted by Gasteiger charge is 2.48. The predicted molar refractivity (Wildman–Crippen MR) is 127 cm³/mol. The van der Waals surface area contributed by atoms with Crippen molar-refractivity contribution in [3.05, 3.63) is 59.2 Å². The summed E-state index contributed by atoms with van der Waals surface area (Å²) in [6.45, 7) is 3.13. The number of nitrogens with zero attached hydrogens (tertiary/aromatic N) is 2. The van der Waals surface area contributed by atoms with Crippen molar-refractivity contribution in [3.8, 4) is 11.5 Å². The summed E-state index contributed by atoms with van der Waals surface area (Å²) in [6, 6.07) is 14.2. The fourth-order valence-corrected chi connectivity index (χ4v) is 6.15. The summed E-state index contributed by atoms with van der Waals surface area (Å²) in [6.07, 6.45) is 4.12. The topological polar surface area (TPSA) is 71.1 Å². The minimum atomic E-state index is -0.108. The highest BCUT2D eigenvalue weighted by atomic mass is 16.6. The van der Waals surface area contributed by atoms with Crippen LogP contribution in [-0.4, -0.2) is 60.6 Å². The Kier molecular flexibility index (Phi) is 5.55. The second-order valence-corrected chi connectivity index (χ2v) is 9.70. The molecule has 0 aliphatic carbocycles. The largest absolute Gasteiger partial charge is 0.486 e. The van der Waals surface area contributed by atoms with Gasteiger partial charge in [-0.15, -0.1) is 0 Å². The van der Waals surface area contributed by atoms with Gasteiger partial charge in [0.1, 0.15) is 13.2 Å². The lowest BCUT2D eigenvalue weighted by Crippen LogP contribution is -2.61. The maximum atomic E-state index is 13.6. The molecule has 7 heteroatoms. The van der Waals surface area contributed by atoms with E-state index in [0.717, 1.165) is 55.7 Å². The highest BCUT2D eigenvalue weighted by Crippen LogP contribution is 2.46. The van der Waals surface area contributed by atoms with E-state index in [2.05, 4.69) is 34.5 Å². The lowest BCUT2D eigenvalue weighted by Gasteiger charge is -2.51. The Hall–Kier alpha value is -3.22. The van der Waals surface area contributed by atoms with Gasteiger partial charge < -0.3 is 24.6 Å². The molecule has 0 aromatic heterocycles. The number of carbonyl (C=O) groups is 2. The maximum Gasteiger partial charge on any atom is 0.317 e. The fourth-order valence-electron chi connectivity index (χ4n) is 6.15. The van der Waals surface area contributed by atoms with Crippen molar-refractivity contribution in [1.29, 1.82) is 0 Å². The monoisotopic (exact) mass is 461 g/mol. The molecule has 4 aliphatic rings. The molecule has 0 radical (unpaired) electrons. The molecule has 1 N–H and O–H groups in total. The first-order valence-electron chi connectivity index (χ1n) is 12.5. The number of hydrogen-bond acceptors (Lipinski definition) is 4. The van der Waals surface area contributed by atoms with E-state index < -0.39 is 0 Å². The first kappa shape index (κ1) is 21.3. The first-order valence-corrected chi connectivity index (χ1v) is 12.5. The van der Waals surface area contributed by atoms with Crippen molar-refractivity contribution in [2.75, 3.05) is 32.8 Å². The molecule has 3 amide bonds. The first-order chi connectivity index (χ1) is 16.7. The third-order valence-electron chi connectivity index (χ3n) is 7.80. The van der Waals surface area contributed by atoms with E-state index in [0.29, 0.717) is 26.3 Å². The summed E-state index contributed by atoms with van der Waals surface area (Å²) >= 11 is 0. The van der Waals surface area contributed by atoms with Crippen LogP contribution in [0.3, 0.4) is 0 Å². The maximum absolute atomic E-state index is 13.6. The van der Waals surface area contributed by atoms with Crippen LogP contribution in [0, 0.1) is 5.92 Å². The summed E-state index contributed by atoms with van der Waals surface area (Å²) in [4.78, 5) is 30.8. The normalized spacial score (nSPS) is 25.2. The number of fused-ring (bicyclic) bond motifs is 5. The van der Waals surface area contributed by atoms with Crippen LogP contribution in [0.5, 0.6) is 11.5 Å². The third-order valence-corrected chi connectivity index (χ3v) is 7.80. The molecule has 6 rings (SSSR count). The van der Waals surface area contributed by atoms with E-state index in [1.165, 1.54) is 11.1 Å². The molecule has 178 valence electrons. The van der Waals surface area contributed by atoms with Gasteiger partial charge >= 0.3 is 6.03 Å². The summed E-state index contributed by atoms with van der Waals surface area (Å²) < 4.78 is 11.6. The van der Waals surface area contributed by atoms with E-state index in [9.17, 15) is 9.59 Å². The molecule has 2 saturated heterocycles. The van der Waals surface area contributed by atoms with Gasteiger partial charge in [0.2, 0.25) is 5.91 Å². The van der Waals surface area contributed by atoms with Crippen molar-refractivity contribution < 1.29 is 19.1 Å². The summed E-state index contributed by atoms with van der Waals surface area (Å²) in [5.74, 6) is 1.66. The standard InChI is InChI=1S/C27H31N3O4/c31-26-20-7-4-11-30(27(32)28-10-8-18-5-2-1-3-6-18)22(20)17-23-21-16-25-24(33-13-14-34-25)15-19(21)9-12-29(23)26/h1-3,5-6,15-16,20,22-23H,4,7-14,17H2,(H,28,32)/t20-,22-,23-/m1/s1. The molecule has 2 aromatic rings. The quantitative estimate of drug-likeness (QED) is 0.761. The second-order valence-electron chi connectivity index (χ2n) is 9.70. The van der Waals surface area contributed by atoms with Crippen LogP contribution in [0.4, 0.5) is 4.79 Å². The number of nitrogens with one attached hydrogen (secondary N) is 1. The molecular formula is C27H31N3O4. The van der Waals surface area contributed by atoms with Crippen molar-refractivity contribution in [2.24, 2.45) is 5.92 Å². The van der Waals surface area contributed by atoms with Crippen LogP contribution in [-0.2, 0) is 17.6 Å². The van der Waals surface area contributed by atoms with Crippen molar-refractivity contribution in [2.45, 2.75) is 44.2 Å². The SMILES string of the molecule is O=C1[C@@H]2CCCN(C(=O)NCCc3ccccc3)[C@@H]2C[C@@H]2c3cc4c(cc3CCN12)OCCO4. The average Bonchev–Trinajstić information content (AvgIpc) is 2.88. The van der Waals surface area contributed by atoms with Crippen LogP contribution < -0.4 is 14.8 Å². The van der Waals surface area contributed by atoms with Crippen molar-refractivity contribution in [1.82, 2.24) is 15.1 Å². The van der Waals surface area contributed by atoms with Gasteiger partial charge in [-0.2, -0.15) is 0 Å². The van der Waals surface area contributed by atoms with E-state index in [1.54, 1.807) is 0 Å². The number of ether oxygens (including phenoxy) is 2. The van der Waals surface area contributed by atoms with Gasteiger partial charge in [0, 0.05) is 25.7 Å². The number of benzene rings is 2. The van der Waals surface area contributed by atoms with E-state index >= 15 is 0 Å². The van der Waals surface area contributed by atoms with E-state index in [4.69, 9.17) is 9.47 Å². The molecule has 4 heterocycles. The zero-order valence-corrected chi connectivity index (χ0v) is 19.4. The molecule has 4 aliphatic heterocycles. The summed E-state index contributed by atoms with van der Waals surface area (Å²) in [5.41, 5.74) is 3.58. The summed E-state index contributed by atoms with van der Waals surface area (Å²) in [7, 11) is 0. The van der Waals surface area contributed by atoms with Gasteiger partial charge in [0.25, 0.3) is 0 Å². The number of amides is 3. The minimum absolute atomic E-state index is 0.0222. The predicted octanol–water partition coefficient (Wildman–Crippen LogP) is 3.32. The second kappa shape index (κ2) is 8.85. The Morgan fingerprint density at radius 2 is 1.85 bits per heavy atom. The smallest absolute Gasteiger partial charge is 0.317 e. The lowest BCUT2D eigenvalue weighted by atomic mass is 9.76. The summed E-state index contributed by atoms with van der Waals surface area (Å²) in [5, 5.41) is 3.11. The van der Waals surface area contributed by atoms with Crippen LogP contribution >= 0.6 is 0 Å². The molecule has 2 fully saturated rings. The highest BCUT2D eigenvalue weighted by molar-refractivity contribution is 5.83. The lowest BCUT2D eigenvalue weighted by molar-refractivity contribution is -0.148. The number of urea groups is 1. The van der Waals surface area contributed by atoms with Gasteiger partial charge in [0.15, 0.2) is 11.5 Å². The Labute approximate surface area is 200 Å². The molecule has 34 heavy (non-hydrogen) atoms. The number of piperidine rings is 2. The molecule has 3 atom stereocenters. The van der Waals surface area contributed by atoms with Gasteiger partial charge in [-0.05, 0) is 60.9 Å². The molecule has 0 spiro atoms. The van der Waals surface area contributed by atoms with Gasteiger partial charge in [0.05, 0.1) is 12.0 Å². The number of likely N-dealkylation sites (tertiary alicyclic amines) is 1.